The van der Waals surface area contributed by atoms with Crippen molar-refractivity contribution < 1.29 is 14.3 Å². The van der Waals surface area contributed by atoms with E-state index in [0.29, 0.717) is 34.2 Å². The molecule has 0 unspecified atom stereocenters. The van der Waals surface area contributed by atoms with Gasteiger partial charge in [-0.25, -0.2) is 0 Å². The Morgan fingerprint density at radius 2 is 1.79 bits per heavy atom. The Balaban J connectivity index is 2.03. The Labute approximate surface area is 150 Å². The number of carbonyl (C=O) groups excluding carboxylic acids is 2. The molecule has 0 bridgehead atoms. The van der Waals surface area contributed by atoms with E-state index in [2.05, 4.69) is 4.90 Å². The molecule has 0 N–H and O–H groups in total. The standard InChI is InChI=1S/C18H18ClNO3S/c1-11-15(12(2)21)18(20-7-9-23-10-8-20)24-17(11)16(22)13-3-5-14(19)6-4-13/h3-6H,7-10H2,1-2H3. The Morgan fingerprint density at radius 1 is 1.17 bits per heavy atom. The molecular formula is C18H18ClNO3S. The highest BCUT2D eigenvalue weighted by Crippen LogP contribution is 2.37. The summed E-state index contributed by atoms with van der Waals surface area (Å²) >= 11 is 7.29. The predicted octanol–water partition coefficient (Wildman–Crippen LogP) is 3.98. The van der Waals surface area contributed by atoms with Crippen LogP contribution in [0.3, 0.4) is 0 Å². The Morgan fingerprint density at radius 3 is 2.38 bits per heavy atom. The largest absolute Gasteiger partial charge is 0.378 e. The number of anilines is 1. The lowest BCUT2D eigenvalue weighted by Gasteiger charge is -2.28. The minimum atomic E-state index is -0.0730. The second-order valence-electron chi connectivity index (χ2n) is 5.73. The molecule has 0 radical (unpaired) electrons. The quantitative estimate of drug-likeness (QED) is 0.771. The third-order valence-corrected chi connectivity index (χ3v) is 5.69. The molecule has 1 fully saturated rings. The van der Waals surface area contributed by atoms with E-state index in [1.54, 1.807) is 31.2 Å². The summed E-state index contributed by atoms with van der Waals surface area (Å²) in [7, 11) is 0. The number of carbonyl (C=O) groups is 2. The average Bonchev–Trinajstić information content (AvgIpc) is 2.93. The van der Waals surface area contributed by atoms with Gasteiger partial charge < -0.3 is 9.64 Å². The number of halogens is 1. The average molecular weight is 364 g/mol. The molecule has 0 atom stereocenters. The van der Waals surface area contributed by atoms with Gasteiger partial charge in [0.05, 0.1) is 23.7 Å². The fourth-order valence-electron chi connectivity index (χ4n) is 2.85. The minimum Gasteiger partial charge on any atom is -0.378 e. The van der Waals surface area contributed by atoms with E-state index in [-0.39, 0.29) is 11.6 Å². The fourth-order valence-corrected chi connectivity index (χ4v) is 4.35. The van der Waals surface area contributed by atoms with Gasteiger partial charge in [-0.1, -0.05) is 11.6 Å². The van der Waals surface area contributed by atoms with Crippen LogP contribution in [0.2, 0.25) is 5.02 Å². The molecule has 2 aromatic rings. The van der Waals surface area contributed by atoms with E-state index in [0.717, 1.165) is 23.7 Å². The molecule has 24 heavy (non-hydrogen) atoms. The van der Waals surface area contributed by atoms with Crippen LogP contribution in [0, 0.1) is 6.92 Å². The molecule has 4 nitrogen and oxygen atoms in total. The number of benzene rings is 1. The lowest BCUT2D eigenvalue weighted by atomic mass is 10.0. The highest BCUT2D eigenvalue weighted by Gasteiger charge is 2.27. The lowest BCUT2D eigenvalue weighted by Crippen LogP contribution is -2.36. The third-order valence-electron chi connectivity index (χ3n) is 4.09. The van der Waals surface area contributed by atoms with Crippen LogP contribution >= 0.6 is 22.9 Å². The summed E-state index contributed by atoms with van der Waals surface area (Å²) in [5, 5.41) is 1.47. The molecule has 6 heteroatoms. The normalized spacial score (nSPS) is 14.7. The summed E-state index contributed by atoms with van der Waals surface area (Å²) in [6, 6.07) is 6.83. The predicted molar refractivity (Wildman–Crippen MR) is 97.0 cm³/mol. The fraction of sp³-hybridized carbons (Fsp3) is 0.333. The Hall–Kier alpha value is -1.69. The Bertz CT molecular complexity index is 776. The Kier molecular flexibility index (Phi) is 5.04. The molecule has 1 aliphatic heterocycles. The molecule has 1 aromatic heterocycles. The highest BCUT2D eigenvalue weighted by atomic mass is 35.5. The summed E-state index contributed by atoms with van der Waals surface area (Å²) in [5.41, 5.74) is 1.99. The van der Waals surface area contributed by atoms with Gasteiger partial charge in [-0.2, -0.15) is 0 Å². The molecule has 0 spiro atoms. The van der Waals surface area contributed by atoms with Gasteiger partial charge in [0, 0.05) is 23.7 Å². The monoisotopic (exact) mass is 363 g/mol. The zero-order valence-corrected chi connectivity index (χ0v) is 15.2. The number of hydrogen-bond donors (Lipinski definition) is 0. The molecule has 0 saturated carbocycles. The number of Topliss-reactive ketones (excluding diaryl/α,β-unsaturated/α-hetero) is 1. The van der Waals surface area contributed by atoms with E-state index in [9.17, 15) is 9.59 Å². The van der Waals surface area contributed by atoms with Crippen LogP contribution in [-0.2, 0) is 4.74 Å². The van der Waals surface area contributed by atoms with Crippen LogP contribution in [0.5, 0.6) is 0 Å². The topological polar surface area (TPSA) is 46.6 Å². The summed E-state index contributed by atoms with van der Waals surface area (Å²) in [5.74, 6) is -0.0865. The SMILES string of the molecule is CC(=O)c1c(N2CCOCC2)sc(C(=O)c2ccc(Cl)cc2)c1C. The first-order valence-electron chi connectivity index (χ1n) is 7.76. The van der Waals surface area contributed by atoms with Gasteiger partial charge >= 0.3 is 0 Å². The van der Waals surface area contributed by atoms with Crippen molar-refractivity contribution in [2.24, 2.45) is 0 Å². The first kappa shape index (κ1) is 17.1. The van der Waals surface area contributed by atoms with Crippen molar-refractivity contribution in [3.05, 3.63) is 50.9 Å². The van der Waals surface area contributed by atoms with Crippen LogP contribution in [0.25, 0.3) is 0 Å². The van der Waals surface area contributed by atoms with Gasteiger partial charge in [0.25, 0.3) is 0 Å². The summed E-state index contributed by atoms with van der Waals surface area (Å²) in [6.45, 7) is 6.13. The molecule has 0 amide bonds. The minimum absolute atomic E-state index is 0.0135. The molecule has 1 saturated heterocycles. The van der Waals surface area contributed by atoms with Crippen molar-refractivity contribution in [3.63, 3.8) is 0 Å². The number of rotatable bonds is 4. The lowest BCUT2D eigenvalue weighted by molar-refractivity contribution is 0.101. The first-order chi connectivity index (χ1) is 11.5. The number of nitrogens with zero attached hydrogens (tertiary/aromatic N) is 1. The van der Waals surface area contributed by atoms with Crippen LogP contribution in [0.4, 0.5) is 5.00 Å². The number of ether oxygens (including phenoxy) is 1. The second-order valence-corrected chi connectivity index (χ2v) is 7.16. The highest BCUT2D eigenvalue weighted by molar-refractivity contribution is 7.18. The zero-order chi connectivity index (χ0) is 17.3. The number of thiophene rings is 1. The van der Waals surface area contributed by atoms with E-state index in [1.807, 2.05) is 6.92 Å². The van der Waals surface area contributed by atoms with Crippen molar-refractivity contribution in [3.8, 4) is 0 Å². The van der Waals surface area contributed by atoms with Crippen molar-refractivity contribution in [2.75, 3.05) is 31.2 Å². The van der Waals surface area contributed by atoms with E-state index in [1.165, 1.54) is 11.3 Å². The van der Waals surface area contributed by atoms with Crippen LogP contribution < -0.4 is 4.90 Å². The van der Waals surface area contributed by atoms with Crippen molar-refractivity contribution in [1.29, 1.82) is 0 Å². The summed E-state index contributed by atoms with van der Waals surface area (Å²) in [4.78, 5) is 27.8. The van der Waals surface area contributed by atoms with Gasteiger partial charge in [0.2, 0.25) is 5.78 Å². The molecule has 1 aromatic carbocycles. The number of hydrogen-bond acceptors (Lipinski definition) is 5. The van der Waals surface area contributed by atoms with E-state index >= 15 is 0 Å². The number of morpholine rings is 1. The first-order valence-corrected chi connectivity index (χ1v) is 8.95. The van der Waals surface area contributed by atoms with Gasteiger partial charge in [0.1, 0.15) is 5.00 Å². The van der Waals surface area contributed by atoms with Crippen LogP contribution in [-0.4, -0.2) is 37.9 Å². The maximum atomic E-state index is 12.9. The van der Waals surface area contributed by atoms with E-state index < -0.39 is 0 Å². The molecule has 0 aliphatic carbocycles. The molecular weight excluding hydrogens is 346 g/mol. The maximum Gasteiger partial charge on any atom is 0.203 e. The van der Waals surface area contributed by atoms with Crippen molar-refractivity contribution in [1.82, 2.24) is 0 Å². The van der Waals surface area contributed by atoms with Crippen molar-refractivity contribution >= 4 is 39.5 Å². The van der Waals surface area contributed by atoms with Gasteiger partial charge in [-0.05, 0) is 43.7 Å². The van der Waals surface area contributed by atoms with Crippen LogP contribution in [0.1, 0.15) is 38.1 Å². The third kappa shape index (κ3) is 3.24. The van der Waals surface area contributed by atoms with Gasteiger partial charge in [-0.3, -0.25) is 9.59 Å². The maximum absolute atomic E-state index is 12.9. The molecule has 3 rings (SSSR count). The second kappa shape index (κ2) is 7.05. The number of ketones is 2. The molecule has 2 heterocycles. The van der Waals surface area contributed by atoms with Crippen molar-refractivity contribution in [2.45, 2.75) is 13.8 Å². The zero-order valence-electron chi connectivity index (χ0n) is 13.6. The molecule has 126 valence electrons. The van der Waals surface area contributed by atoms with Gasteiger partial charge in [0.15, 0.2) is 5.78 Å². The van der Waals surface area contributed by atoms with E-state index in [4.69, 9.17) is 16.3 Å². The summed E-state index contributed by atoms with van der Waals surface area (Å²) in [6.07, 6.45) is 0. The molecule has 1 aliphatic rings. The smallest absolute Gasteiger partial charge is 0.203 e. The summed E-state index contributed by atoms with van der Waals surface area (Å²) < 4.78 is 5.39. The van der Waals surface area contributed by atoms with Crippen LogP contribution in [0.15, 0.2) is 24.3 Å². The van der Waals surface area contributed by atoms with Gasteiger partial charge in [-0.15, -0.1) is 11.3 Å².